The molecule has 4 aromatic heterocycles. The second kappa shape index (κ2) is 12.5. The molecule has 0 unspecified atom stereocenters. The molecule has 4 heterocycles. The van der Waals surface area contributed by atoms with Crippen molar-refractivity contribution in [2.75, 3.05) is 0 Å². The average molecular weight is 709 g/mol. The maximum Gasteiger partial charge on any atom is 0.160 e. The summed E-state index contributed by atoms with van der Waals surface area (Å²) in [5.41, 5.74) is 13.4. The summed E-state index contributed by atoms with van der Waals surface area (Å²) >= 11 is 1.88. The molecule has 1 aliphatic carbocycles. The first-order valence-electron chi connectivity index (χ1n) is 18.4. The van der Waals surface area contributed by atoms with Crippen molar-refractivity contribution in [2.24, 2.45) is 0 Å². The number of aryl methyl sites for hydroxylation is 1. The molecule has 4 nitrogen and oxygen atoms in total. The number of nitrogens with zero attached hydrogens (tertiary/aromatic N) is 4. The summed E-state index contributed by atoms with van der Waals surface area (Å²) in [6.45, 7) is 0. The number of hydrogen-bond acceptors (Lipinski definition) is 4. The van der Waals surface area contributed by atoms with Crippen molar-refractivity contribution in [1.82, 2.24) is 19.5 Å². The molecule has 0 spiro atoms. The van der Waals surface area contributed by atoms with Crippen LogP contribution in [0.4, 0.5) is 0 Å². The molecule has 10 aromatic rings. The van der Waals surface area contributed by atoms with Crippen molar-refractivity contribution in [3.05, 3.63) is 175 Å². The van der Waals surface area contributed by atoms with Crippen LogP contribution in [0.25, 0.3) is 98.9 Å². The van der Waals surface area contributed by atoms with Crippen LogP contribution in [0.15, 0.2) is 164 Å². The Morgan fingerprint density at radius 1 is 0.574 bits per heavy atom. The highest BCUT2D eigenvalue weighted by atomic mass is 32.1. The standard InChI is InChI=1S/C49H32N4S/c1-3-14-32(15-4-1)41-30-42(33-16-5-2-6-17-33)52-49(51-41)34-22-25-35(26-23-34)53-43-27-24-31-13-7-8-18-36(31)45(43)39-29-38(40-20-11-12-28-50-40)46-37-19-9-10-21-44(37)54-48(46)47(39)53/h1-7,9-17,19-30H,8,18H2. The van der Waals surface area contributed by atoms with Gasteiger partial charge in [-0.25, -0.2) is 9.97 Å². The molecule has 0 atom stereocenters. The lowest BCUT2D eigenvalue weighted by Gasteiger charge is -2.13. The molecule has 0 aliphatic heterocycles. The Kier molecular flexibility index (Phi) is 7.13. The van der Waals surface area contributed by atoms with E-state index in [2.05, 4.69) is 150 Å². The Morgan fingerprint density at radius 3 is 2.04 bits per heavy atom. The zero-order chi connectivity index (χ0) is 35.6. The van der Waals surface area contributed by atoms with E-state index in [1.807, 2.05) is 35.7 Å². The van der Waals surface area contributed by atoms with Crippen LogP contribution in [0.1, 0.15) is 17.5 Å². The van der Waals surface area contributed by atoms with Gasteiger partial charge < -0.3 is 4.57 Å². The predicted molar refractivity (Wildman–Crippen MR) is 226 cm³/mol. The van der Waals surface area contributed by atoms with Crippen molar-refractivity contribution in [1.29, 1.82) is 0 Å². The van der Waals surface area contributed by atoms with Crippen LogP contribution in [-0.4, -0.2) is 19.5 Å². The largest absolute Gasteiger partial charge is 0.308 e. The molecule has 0 N–H and O–H groups in total. The van der Waals surface area contributed by atoms with Crippen LogP contribution in [0, 0.1) is 0 Å². The van der Waals surface area contributed by atoms with Gasteiger partial charge in [0.2, 0.25) is 0 Å². The highest BCUT2D eigenvalue weighted by Gasteiger charge is 2.24. The highest BCUT2D eigenvalue weighted by Crippen LogP contribution is 2.48. The van der Waals surface area contributed by atoms with E-state index in [1.165, 1.54) is 58.7 Å². The van der Waals surface area contributed by atoms with Gasteiger partial charge in [0.25, 0.3) is 0 Å². The molecule has 5 heteroatoms. The number of allylic oxidation sites excluding steroid dienone is 1. The molecule has 0 bridgehead atoms. The van der Waals surface area contributed by atoms with Gasteiger partial charge in [-0.2, -0.15) is 0 Å². The van der Waals surface area contributed by atoms with E-state index in [4.69, 9.17) is 15.0 Å². The summed E-state index contributed by atoms with van der Waals surface area (Å²) in [6, 6.07) is 53.7. The van der Waals surface area contributed by atoms with Gasteiger partial charge in [0.15, 0.2) is 5.82 Å². The fraction of sp³-hybridized carbons (Fsp3) is 0.0408. The Morgan fingerprint density at radius 2 is 1.30 bits per heavy atom. The summed E-state index contributed by atoms with van der Waals surface area (Å²) in [6.07, 6.45) is 8.55. The van der Waals surface area contributed by atoms with Crippen LogP contribution < -0.4 is 0 Å². The lowest BCUT2D eigenvalue weighted by Crippen LogP contribution is -1.98. The van der Waals surface area contributed by atoms with Gasteiger partial charge in [0.05, 0.1) is 32.8 Å². The first kappa shape index (κ1) is 30.9. The van der Waals surface area contributed by atoms with Crippen LogP contribution >= 0.6 is 11.3 Å². The SMILES string of the molecule is C1=Cc2ccc3c(c2CC1)c1cc(-c2ccccn2)c2c4ccccc4sc2c1n3-c1ccc(-c2nc(-c3ccccc3)cc(-c3ccccc3)n2)cc1. The van der Waals surface area contributed by atoms with Crippen molar-refractivity contribution in [2.45, 2.75) is 12.8 Å². The Balaban J connectivity index is 1.17. The van der Waals surface area contributed by atoms with E-state index in [1.54, 1.807) is 0 Å². The fourth-order valence-corrected chi connectivity index (χ4v) is 9.53. The number of thiophene rings is 1. The van der Waals surface area contributed by atoms with Crippen LogP contribution in [0.2, 0.25) is 0 Å². The maximum atomic E-state index is 5.11. The first-order valence-corrected chi connectivity index (χ1v) is 19.2. The molecular weight excluding hydrogens is 677 g/mol. The lowest BCUT2D eigenvalue weighted by molar-refractivity contribution is 0.997. The Bertz CT molecular complexity index is 3010. The lowest BCUT2D eigenvalue weighted by atomic mass is 9.92. The highest BCUT2D eigenvalue weighted by molar-refractivity contribution is 7.26. The molecular formula is C49H32N4S. The number of rotatable bonds is 5. The van der Waals surface area contributed by atoms with E-state index < -0.39 is 0 Å². The predicted octanol–water partition coefficient (Wildman–Crippen LogP) is 13.0. The molecule has 6 aromatic carbocycles. The normalized spacial score (nSPS) is 12.6. The number of benzene rings is 6. The topological polar surface area (TPSA) is 43.6 Å². The second-order valence-corrected chi connectivity index (χ2v) is 14.9. The maximum absolute atomic E-state index is 5.11. The van der Waals surface area contributed by atoms with Crippen LogP contribution in [0.3, 0.4) is 0 Å². The minimum Gasteiger partial charge on any atom is -0.308 e. The van der Waals surface area contributed by atoms with Gasteiger partial charge in [-0.3, -0.25) is 4.98 Å². The minimum absolute atomic E-state index is 0.705. The van der Waals surface area contributed by atoms with Crippen molar-refractivity contribution < 1.29 is 0 Å². The van der Waals surface area contributed by atoms with Gasteiger partial charge in [-0.15, -0.1) is 11.3 Å². The summed E-state index contributed by atoms with van der Waals surface area (Å²) < 4.78 is 5.05. The van der Waals surface area contributed by atoms with Gasteiger partial charge in [0.1, 0.15) is 0 Å². The van der Waals surface area contributed by atoms with Crippen molar-refractivity contribution in [3.8, 4) is 50.8 Å². The Hall–Kier alpha value is -6.69. The number of hydrogen-bond donors (Lipinski definition) is 0. The fourth-order valence-electron chi connectivity index (χ4n) is 8.26. The molecule has 1 aliphatic rings. The third-order valence-electron chi connectivity index (χ3n) is 10.7. The third-order valence-corrected chi connectivity index (χ3v) is 11.9. The van der Waals surface area contributed by atoms with E-state index in [9.17, 15) is 0 Å². The van der Waals surface area contributed by atoms with E-state index >= 15 is 0 Å². The Labute approximate surface area is 316 Å². The smallest absolute Gasteiger partial charge is 0.160 e. The number of aromatic nitrogens is 4. The quantitative estimate of drug-likeness (QED) is 0.179. The van der Waals surface area contributed by atoms with Gasteiger partial charge in [-0.05, 0) is 84.6 Å². The molecule has 0 saturated heterocycles. The zero-order valence-corrected chi connectivity index (χ0v) is 30.1. The molecule has 0 saturated carbocycles. The van der Waals surface area contributed by atoms with Gasteiger partial charge in [-0.1, -0.05) is 103 Å². The van der Waals surface area contributed by atoms with Crippen LogP contribution in [-0.2, 0) is 6.42 Å². The van der Waals surface area contributed by atoms with Crippen molar-refractivity contribution in [3.63, 3.8) is 0 Å². The summed E-state index contributed by atoms with van der Waals surface area (Å²) in [7, 11) is 0. The zero-order valence-electron chi connectivity index (χ0n) is 29.3. The summed E-state index contributed by atoms with van der Waals surface area (Å²) in [5.74, 6) is 0.705. The van der Waals surface area contributed by atoms with Crippen molar-refractivity contribution >= 4 is 59.4 Å². The van der Waals surface area contributed by atoms with E-state index in [-0.39, 0.29) is 0 Å². The molecule has 254 valence electrons. The average Bonchev–Trinajstić information content (AvgIpc) is 3.81. The third kappa shape index (κ3) is 4.93. The molecule has 11 rings (SSSR count). The van der Waals surface area contributed by atoms with Gasteiger partial charge in [0, 0.05) is 60.4 Å². The first-order chi connectivity index (χ1) is 26.8. The van der Waals surface area contributed by atoms with E-state index in [0.717, 1.165) is 52.3 Å². The monoisotopic (exact) mass is 708 g/mol. The molecule has 0 amide bonds. The molecule has 0 radical (unpaired) electrons. The number of pyridine rings is 1. The number of fused-ring (bicyclic) bond motifs is 9. The van der Waals surface area contributed by atoms with Crippen LogP contribution in [0.5, 0.6) is 0 Å². The van der Waals surface area contributed by atoms with E-state index in [0.29, 0.717) is 5.82 Å². The minimum atomic E-state index is 0.705. The summed E-state index contributed by atoms with van der Waals surface area (Å²) in [5, 5.41) is 5.13. The van der Waals surface area contributed by atoms with Gasteiger partial charge >= 0.3 is 0 Å². The second-order valence-electron chi connectivity index (χ2n) is 13.9. The summed E-state index contributed by atoms with van der Waals surface area (Å²) in [4.78, 5) is 15.1. The molecule has 54 heavy (non-hydrogen) atoms. The molecule has 0 fully saturated rings.